The number of hydrogen-bond donors (Lipinski definition) is 1. The summed E-state index contributed by atoms with van der Waals surface area (Å²) in [4.78, 5) is 2.38. The monoisotopic (exact) mass is 264 g/mol. The molecular formula is C16H25FN2. The molecule has 106 valence electrons. The fourth-order valence-corrected chi connectivity index (χ4v) is 2.57. The van der Waals surface area contributed by atoms with Gasteiger partial charge in [-0.1, -0.05) is 39.0 Å². The molecule has 1 saturated heterocycles. The Morgan fingerprint density at radius 3 is 2.63 bits per heavy atom. The molecule has 1 fully saturated rings. The van der Waals surface area contributed by atoms with Crippen molar-refractivity contribution in [1.82, 2.24) is 10.2 Å². The lowest BCUT2D eigenvalue weighted by Gasteiger charge is -2.44. The van der Waals surface area contributed by atoms with Gasteiger partial charge in [0, 0.05) is 37.3 Å². The Balaban J connectivity index is 2.08. The first-order valence-corrected chi connectivity index (χ1v) is 7.09. The molecule has 1 aromatic rings. The molecule has 2 unspecified atom stereocenters. The van der Waals surface area contributed by atoms with Crippen LogP contribution in [0.15, 0.2) is 24.3 Å². The number of hydrogen-bond acceptors (Lipinski definition) is 2. The minimum Gasteiger partial charge on any atom is -0.311 e. The van der Waals surface area contributed by atoms with E-state index in [2.05, 4.69) is 37.9 Å². The van der Waals surface area contributed by atoms with Gasteiger partial charge in [-0.2, -0.15) is 0 Å². The highest BCUT2D eigenvalue weighted by molar-refractivity contribution is 5.17. The van der Waals surface area contributed by atoms with E-state index in [0.717, 1.165) is 18.7 Å². The smallest absolute Gasteiger partial charge is 0.127 e. The summed E-state index contributed by atoms with van der Waals surface area (Å²) in [6.45, 7) is 11.6. The number of piperazine rings is 1. The molecule has 0 amide bonds. The second-order valence-electron chi connectivity index (χ2n) is 6.70. The maximum atomic E-state index is 13.8. The normalized spacial score (nSPS) is 25.5. The molecule has 0 spiro atoms. The summed E-state index contributed by atoms with van der Waals surface area (Å²) in [5, 5.41) is 3.60. The van der Waals surface area contributed by atoms with Crippen LogP contribution in [0.4, 0.5) is 4.39 Å². The highest BCUT2D eigenvalue weighted by Crippen LogP contribution is 2.24. The van der Waals surface area contributed by atoms with E-state index in [9.17, 15) is 4.39 Å². The molecule has 0 aromatic heterocycles. The highest BCUT2D eigenvalue weighted by Gasteiger charge is 2.32. The summed E-state index contributed by atoms with van der Waals surface area (Å²) in [7, 11) is 0. The van der Waals surface area contributed by atoms with Crippen LogP contribution >= 0.6 is 0 Å². The zero-order valence-electron chi connectivity index (χ0n) is 12.4. The molecule has 3 heteroatoms. The summed E-state index contributed by atoms with van der Waals surface area (Å²) < 4.78 is 13.8. The minimum atomic E-state index is -0.0967. The maximum absolute atomic E-state index is 13.8. The van der Waals surface area contributed by atoms with Gasteiger partial charge in [-0.05, 0) is 18.4 Å². The second kappa shape index (κ2) is 5.59. The number of rotatable bonds is 2. The van der Waals surface area contributed by atoms with Gasteiger partial charge in [0.25, 0.3) is 0 Å². The summed E-state index contributed by atoms with van der Waals surface area (Å²) in [6.07, 6.45) is 0. The van der Waals surface area contributed by atoms with E-state index in [1.54, 1.807) is 12.1 Å². The third-order valence-electron chi connectivity index (χ3n) is 4.08. The maximum Gasteiger partial charge on any atom is 0.127 e. The van der Waals surface area contributed by atoms with Crippen molar-refractivity contribution < 1.29 is 4.39 Å². The van der Waals surface area contributed by atoms with E-state index in [1.165, 1.54) is 0 Å². The van der Waals surface area contributed by atoms with Crippen LogP contribution in [0.3, 0.4) is 0 Å². The SMILES string of the molecule is CC1CNC(C(C)(C)C)CN1Cc1ccccc1F. The van der Waals surface area contributed by atoms with E-state index in [4.69, 9.17) is 0 Å². The quantitative estimate of drug-likeness (QED) is 0.883. The van der Waals surface area contributed by atoms with Crippen LogP contribution in [0, 0.1) is 11.2 Å². The lowest BCUT2D eigenvalue weighted by atomic mass is 9.84. The van der Waals surface area contributed by atoms with Crippen LogP contribution in [0.2, 0.25) is 0 Å². The predicted molar refractivity (Wildman–Crippen MR) is 77.5 cm³/mol. The van der Waals surface area contributed by atoms with Gasteiger partial charge in [-0.15, -0.1) is 0 Å². The fraction of sp³-hybridized carbons (Fsp3) is 0.625. The molecule has 2 nitrogen and oxygen atoms in total. The fourth-order valence-electron chi connectivity index (χ4n) is 2.57. The average molecular weight is 264 g/mol. The van der Waals surface area contributed by atoms with Gasteiger partial charge in [0.1, 0.15) is 5.82 Å². The van der Waals surface area contributed by atoms with E-state index in [0.29, 0.717) is 18.6 Å². The summed E-state index contributed by atoms with van der Waals surface area (Å²) >= 11 is 0. The van der Waals surface area contributed by atoms with Gasteiger partial charge < -0.3 is 5.32 Å². The van der Waals surface area contributed by atoms with Crippen molar-refractivity contribution in [2.24, 2.45) is 5.41 Å². The van der Waals surface area contributed by atoms with Crippen LogP contribution in [-0.4, -0.2) is 30.1 Å². The van der Waals surface area contributed by atoms with Crippen molar-refractivity contribution in [2.75, 3.05) is 13.1 Å². The number of benzene rings is 1. The van der Waals surface area contributed by atoms with Crippen molar-refractivity contribution in [1.29, 1.82) is 0 Å². The van der Waals surface area contributed by atoms with Gasteiger partial charge >= 0.3 is 0 Å². The first-order chi connectivity index (χ1) is 8.88. The standard InChI is InChI=1S/C16H25FN2/c1-12-9-18-15(16(2,3)4)11-19(12)10-13-7-5-6-8-14(13)17/h5-8,12,15,18H,9-11H2,1-4H3. The molecular weight excluding hydrogens is 239 g/mol. The topological polar surface area (TPSA) is 15.3 Å². The zero-order valence-corrected chi connectivity index (χ0v) is 12.4. The molecule has 1 aromatic carbocycles. The first-order valence-electron chi connectivity index (χ1n) is 7.09. The number of nitrogens with one attached hydrogen (secondary N) is 1. The lowest BCUT2D eigenvalue weighted by molar-refractivity contribution is 0.0868. The Kier molecular flexibility index (Phi) is 4.26. The van der Waals surface area contributed by atoms with Crippen molar-refractivity contribution in [2.45, 2.75) is 46.3 Å². The molecule has 1 N–H and O–H groups in total. The highest BCUT2D eigenvalue weighted by atomic mass is 19.1. The Morgan fingerprint density at radius 1 is 1.32 bits per heavy atom. The Labute approximate surface area is 116 Å². The minimum absolute atomic E-state index is 0.0967. The molecule has 1 aliphatic rings. The first kappa shape index (κ1) is 14.5. The molecule has 1 heterocycles. The third kappa shape index (κ3) is 3.54. The summed E-state index contributed by atoms with van der Waals surface area (Å²) in [6, 6.07) is 7.98. The van der Waals surface area contributed by atoms with Crippen molar-refractivity contribution >= 4 is 0 Å². The van der Waals surface area contributed by atoms with Crippen molar-refractivity contribution in [3.05, 3.63) is 35.6 Å². The molecule has 0 saturated carbocycles. The van der Waals surface area contributed by atoms with E-state index >= 15 is 0 Å². The number of halogens is 1. The molecule has 0 aliphatic carbocycles. The Hall–Kier alpha value is -0.930. The van der Waals surface area contributed by atoms with E-state index in [1.807, 2.05) is 12.1 Å². The van der Waals surface area contributed by atoms with Crippen LogP contribution in [-0.2, 0) is 6.54 Å². The largest absolute Gasteiger partial charge is 0.311 e. The molecule has 0 radical (unpaired) electrons. The summed E-state index contributed by atoms with van der Waals surface area (Å²) in [5.74, 6) is -0.0967. The van der Waals surface area contributed by atoms with E-state index in [-0.39, 0.29) is 11.2 Å². The molecule has 1 aliphatic heterocycles. The second-order valence-corrected chi connectivity index (χ2v) is 6.70. The summed E-state index contributed by atoms with van der Waals surface area (Å²) in [5.41, 5.74) is 1.03. The predicted octanol–water partition coefficient (Wildman–Crippen LogP) is 3.03. The van der Waals surface area contributed by atoms with E-state index < -0.39 is 0 Å². The molecule has 19 heavy (non-hydrogen) atoms. The van der Waals surface area contributed by atoms with Crippen LogP contribution < -0.4 is 5.32 Å². The van der Waals surface area contributed by atoms with Gasteiger partial charge in [0.15, 0.2) is 0 Å². The average Bonchev–Trinajstić information content (AvgIpc) is 2.33. The van der Waals surface area contributed by atoms with Crippen molar-refractivity contribution in [3.63, 3.8) is 0 Å². The van der Waals surface area contributed by atoms with Crippen LogP contribution in [0.5, 0.6) is 0 Å². The third-order valence-corrected chi connectivity index (χ3v) is 4.08. The zero-order chi connectivity index (χ0) is 14.0. The molecule has 0 bridgehead atoms. The number of nitrogens with zero attached hydrogens (tertiary/aromatic N) is 1. The van der Waals surface area contributed by atoms with Gasteiger partial charge in [0.2, 0.25) is 0 Å². The van der Waals surface area contributed by atoms with Gasteiger partial charge in [-0.25, -0.2) is 4.39 Å². The molecule has 2 atom stereocenters. The van der Waals surface area contributed by atoms with Gasteiger partial charge in [0.05, 0.1) is 0 Å². The van der Waals surface area contributed by atoms with Crippen molar-refractivity contribution in [3.8, 4) is 0 Å². The van der Waals surface area contributed by atoms with Crippen LogP contribution in [0.1, 0.15) is 33.3 Å². The van der Waals surface area contributed by atoms with Gasteiger partial charge in [-0.3, -0.25) is 4.90 Å². The Morgan fingerprint density at radius 2 is 2.00 bits per heavy atom. The molecule has 2 rings (SSSR count). The lowest BCUT2D eigenvalue weighted by Crippen LogP contribution is -2.59. The van der Waals surface area contributed by atoms with Crippen LogP contribution in [0.25, 0.3) is 0 Å². The Bertz CT molecular complexity index is 425.